The first-order chi connectivity index (χ1) is 13.7. The molecule has 1 fully saturated rings. The quantitative estimate of drug-likeness (QED) is 0.647. The van der Waals surface area contributed by atoms with Crippen LogP contribution in [-0.2, 0) is 22.8 Å². The summed E-state index contributed by atoms with van der Waals surface area (Å²) < 4.78 is 29.2. The van der Waals surface area contributed by atoms with Gasteiger partial charge in [0.25, 0.3) is 5.91 Å². The van der Waals surface area contributed by atoms with E-state index in [0.29, 0.717) is 24.3 Å². The number of rotatable bonds is 6. The van der Waals surface area contributed by atoms with Gasteiger partial charge in [-0.15, -0.1) is 0 Å². The highest BCUT2D eigenvalue weighted by Crippen LogP contribution is 2.35. The number of halogens is 2. The lowest BCUT2D eigenvalue weighted by Crippen LogP contribution is -2.40. The van der Waals surface area contributed by atoms with E-state index in [1.165, 1.54) is 24.8 Å². The van der Waals surface area contributed by atoms with Crippen molar-refractivity contribution >= 4 is 38.9 Å². The molecule has 0 radical (unpaired) electrons. The fraction of sp³-hybridized carbons (Fsp3) is 0.381. The third-order valence-corrected chi connectivity index (χ3v) is 7.46. The second-order valence-electron chi connectivity index (χ2n) is 7.13. The minimum atomic E-state index is -3.15. The first kappa shape index (κ1) is 21.9. The van der Waals surface area contributed by atoms with E-state index in [1.54, 1.807) is 4.90 Å². The third kappa shape index (κ3) is 5.05. The first-order valence-corrected chi connectivity index (χ1v) is 11.9. The summed E-state index contributed by atoms with van der Waals surface area (Å²) in [5.41, 5.74) is 2.43. The first-order valence-electron chi connectivity index (χ1n) is 9.36. The summed E-state index contributed by atoms with van der Waals surface area (Å²) in [7, 11) is -1.70. The number of nitrogens with zero attached hydrogens (tertiary/aromatic N) is 1. The summed E-state index contributed by atoms with van der Waals surface area (Å²) in [6, 6.07) is 10.6. The van der Waals surface area contributed by atoms with Gasteiger partial charge >= 0.3 is 0 Å². The molecule has 0 spiro atoms. The Morgan fingerprint density at radius 3 is 2.21 bits per heavy atom. The van der Waals surface area contributed by atoms with Gasteiger partial charge in [-0.3, -0.25) is 4.79 Å². The summed E-state index contributed by atoms with van der Waals surface area (Å²) in [4.78, 5) is 15.0. The summed E-state index contributed by atoms with van der Waals surface area (Å²) >= 11 is 12.4. The highest BCUT2D eigenvalue weighted by atomic mass is 35.5. The van der Waals surface area contributed by atoms with Crippen molar-refractivity contribution in [2.75, 3.05) is 18.6 Å². The van der Waals surface area contributed by atoms with E-state index >= 15 is 0 Å². The maximum Gasteiger partial charge on any atom is 0.254 e. The molecule has 5 nitrogen and oxygen atoms in total. The molecule has 0 aromatic heterocycles. The van der Waals surface area contributed by atoms with Gasteiger partial charge in [-0.25, -0.2) is 8.42 Å². The maximum atomic E-state index is 13.3. The summed E-state index contributed by atoms with van der Waals surface area (Å²) in [6.07, 6.45) is 1.34. The van der Waals surface area contributed by atoms with Crippen LogP contribution in [0.1, 0.15) is 34.8 Å². The Balaban J connectivity index is 1.94. The number of hydrogen-bond acceptors (Lipinski definition) is 4. The summed E-state index contributed by atoms with van der Waals surface area (Å²) in [5.74, 6) is 0.0390. The number of methoxy groups -OCH3 is 1. The number of amides is 1. The third-order valence-electron chi connectivity index (χ3n) is 5.14. The molecule has 1 heterocycles. The van der Waals surface area contributed by atoms with Gasteiger partial charge in [0.05, 0.1) is 28.7 Å². The number of sulfone groups is 1. The second kappa shape index (κ2) is 8.94. The molecule has 1 amide bonds. The van der Waals surface area contributed by atoms with Crippen LogP contribution in [0.15, 0.2) is 36.4 Å². The predicted molar refractivity (Wildman–Crippen MR) is 116 cm³/mol. The van der Waals surface area contributed by atoms with Crippen LogP contribution in [0.2, 0.25) is 10.0 Å². The van der Waals surface area contributed by atoms with Crippen LogP contribution in [0.3, 0.4) is 0 Å². The molecule has 3 rings (SSSR count). The van der Waals surface area contributed by atoms with Gasteiger partial charge in [-0.05, 0) is 36.1 Å². The van der Waals surface area contributed by atoms with Gasteiger partial charge in [0, 0.05) is 18.2 Å². The Kier molecular flexibility index (Phi) is 6.76. The van der Waals surface area contributed by atoms with Gasteiger partial charge in [-0.1, -0.05) is 54.4 Å². The van der Waals surface area contributed by atoms with Gasteiger partial charge in [0.1, 0.15) is 0 Å². The van der Waals surface area contributed by atoms with Crippen molar-refractivity contribution in [3.05, 3.63) is 63.1 Å². The molecule has 0 saturated carbocycles. The topological polar surface area (TPSA) is 63.7 Å². The molecule has 0 aliphatic carbocycles. The smallest absolute Gasteiger partial charge is 0.254 e. The van der Waals surface area contributed by atoms with E-state index in [-0.39, 0.29) is 27.5 Å². The molecule has 1 aliphatic heterocycles. The van der Waals surface area contributed by atoms with Crippen LogP contribution in [0.5, 0.6) is 5.75 Å². The zero-order valence-electron chi connectivity index (χ0n) is 16.3. The number of benzene rings is 2. The number of carbonyl (C=O) groups excluding carboxylic acids is 1. The van der Waals surface area contributed by atoms with E-state index in [1.807, 2.05) is 24.3 Å². The van der Waals surface area contributed by atoms with Gasteiger partial charge in [0.15, 0.2) is 15.6 Å². The van der Waals surface area contributed by atoms with Crippen molar-refractivity contribution in [3.8, 4) is 5.75 Å². The molecule has 2 aromatic carbocycles. The van der Waals surface area contributed by atoms with E-state index in [0.717, 1.165) is 12.0 Å². The Morgan fingerprint density at radius 2 is 1.72 bits per heavy atom. The van der Waals surface area contributed by atoms with E-state index in [9.17, 15) is 13.2 Å². The molecule has 156 valence electrons. The average molecular weight is 456 g/mol. The molecule has 1 saturated heterocycles. The number of hydrogen-bond donors (Lipinski definition) is 0. The SMILES string of the molecule is CCc1ccc(CN(C(=O)c2cc(Cl)c(OC)c(Cl)c2)C2CCS(=O)(=O)C2)cc1. The summed E-state index contributed by atoms with van der Waals surface area (Å²) in [5, 5.41) is 0.462. The van der Waals surface area contributed by atoms with Crippen molar-refractivity contribution in [1.29, 1.82) is 0 Å². The minimum absolute atomic E-state index is 0.0383. The van der Waals surface area contributed by atoms with Crippen molar-refractivity contribution in [1.82, 2.24) is 4.90 Å². The second-order valence-corrected chi connectivity index (χ2v) is 10.2. The largest absolute Gasteiger partial charge is 0.494 e. The van der Waals surface area contributed by atoms with Gasteiger partial charge < -0.3 is 9.64 Å². The maximum absolute atomic E-state index is 13.3. The van der Waals surface area contributed by atoms with Crippen LogP contribution in [0.25, 0.3) is 0 Å². The fourth-order valence-electron chi connectivity index (χ4n) is 3.51. The normalized spacial score (nSPS) is 17.9. The molecule has 8 heteroatoms. The van der Waals surface area contributed by atoms with Crippen molar-refractivity contribution in [2.45, 2.75) is 32.4 Å². The lowest BCUT2D eigenvalue weighted by atomic mass is 10.1. The fourth-order valence-corrected chi connectivity index (χ4v) is 5.88. The van der Waals surface area contributed by atoms with Gasteiger partial charge in [-0.2, -0.15) is 0 Å². The van der Waals surface area contributed by atoms with E-state index in [2.05, 4.69) is 6.92 Å². The van der Waals surface area contributed by atoms with E-state index < -0.39 is 15.9 Å². The molecule has 1 aliphatic rings. The van der Waals surface area contributed by atoms with Crippen molar-refractivity contribution in [3.63, 3.8) is 0 Å². The zero-order valence-corrected chi connectivity index (χ0v) is 18.6. The van der Waals surface area contributed by atoms with E-state index in [4.69, 9.17) is 27.9 Å². The number of carbonyl (C=O) groups is 1. The zero-order chi connectivity index (χ0) is 21.2. The Bertz CT molecular complexity index is 983. The minimum Gasteiger partial charge on any atom is -0.494 e. The van der Waals surface area contributed by atoms with Crippen LogP contribution in [0, 0.1) is 0 Å². The molecular formula is C21H23Cl2NO4S. The van der Waals surface area contributed by atoms with Gasteiger partial charge in [0.2, 0.25) is 0 Å². The molecule has 29 heavy (non-hydrogen) atoms. The molecule has 2 aromatic rings. The monoisotopic (exact) mass is 455 g/mol. The Hall–Kier alpha value is -1.76. The standard InChI is InChI=1S/C21H23Cl2NO4S/c1-3-14-4-6-15(7-5-14)12-24(17-8-9-29(26,27)13-17)21(25)16-10-18(22)20(28-2)19(23)11-16/h4-7,10-11,17H,3,8-9,12-13H2,1-2H3. The molecule has 0 bridgehead atoms. The number of aryl methyl sites for hydroxylation is 1. The van der Waals surface area contributed by atoms with Crippen LogP contribution < -0.4 is 4.74 Å². The Labute approximate surface area is 181 Å². The molecular weight excluding hydrogens is 433 g/mol. The molecule has 1 unspecified atom stereocenters. The highest BCUT2D eigenvalue weighted by molar-refractivity contribution is 7.91. The van der Waals surface area contributed by atoms with Crippen LogP contribution in [0.4, 0.5) is 0 Å². The number of ether oxygens (including phenoxy) is 1. The molecule has 0 N–H and O–H groups in total. The van der Waals surface area contributed by atoms with Crippen LogP contribution >= 0.6 is 23.2 Å². The Morgan fingerprint density at radius 1 is 1.14 bits per heavy atom. The van der Waals surface area contributed by atoms with Crippen LogP contribution in [-0.4, -0.2) is 43.9 Å². The molecule has 1 atom stereocenters. The average Bonchev–Trinajstić information content (AvgIpc) is 3.05. The highest BCUT2D eigenvalue weighted by Gasteiger charge is 2.35. The van der Waals surface area contributed by atoms with Crippen molar-refractivity contribution < 1.29 is 17.9 Å². The summed E-state index contributed by atoms with van der Waals surface area (Å²) in [6.45, 7) is 2.38. The predicted octanol–water partition coefficient (Wildman–Crippen LogP) is 4.39. The lowest BCUT2D eigenvalue weighted by molar-refractivity contribution is 0.0681. The lowest BCUT2D eigenvalue weighted by Gasteiger charge is -2.29. The van der Waals surface area contributed by atoms with Crippen molar-refractivity contribution in [2.24, 2.45) is 0 Å².